The first-order chi connectivity index (χ1) is 13.4. The van der Waals surface area contributed by atoms with Crippen molar-refractivity contribution >= 4 is 17.7 Å². The highest BCUT2D eigenvalue weighted by Gasteiger charge is 2.32. The van der Waals surface area contributed by atoms with Gasteiger partial charge in [-0.15, -0.1) is 11.8 Å². The maximum Gasteiger partial charge on any atom is 0.303 e. The Hall–Kier alpha value is -1.29. The van der Waals surface area contributed by atoms with Crippen LogP contribution in [0.5, 0.6) is 0 Å². The van der Waals surface area contributed by atoms with Crippen LogP contribution in [0.3, 0.4) is 0 Å². The zero-order valence-electron chi connectivity index (χ0n) is 17.1. The molecule has 158 valence electrons. The number of nitriles is 1. The van der Waals surface area contributed by atoms with E-state index >= 15 is 0 Å². The summed E-state index contributed by atoms with van der Waals surface area (Å²) in [6.07, 6.45) is 9.54. The lowest BCUT2D eigenvalue weighted by Gasteiger charge is -2.17. The Morgan fingerprint density at radius 1 is 1.36 bits per heavy atom. The number of carboxylic acid groups (broad SMARTS) is 1. The molecule has 28 heavy (non-hydrogen) atoms. The zero-order chi connectivity index (χ0) is 20.9. The second kappa shape index (κ2) is 13.8. The largest absolute Gasteiger partial charge is 0.481 e. The molecule has 4 atom stereocenters. The van der Waals surface area contributed by atoms with Crippen molar-refractivity contribution in [2.24, 2.45) is 11.8 Å². The lowest BCUT2D eigenvalue weighted by Crippen LogP contribution is -2.15. The summed E-state index contributed by atoms with van der Waals surface area (Å²) in [6.45, 7) is 4.31. The fraction of sp³-hybridized carbons (Fsp3) is 0.727. The minimum absolute atomic E-state index is 0.190. The Bertz CT molecular complexity index is 582. The van der Waals surface area contributed by atoms with E-state index in [4.69, 9.17) is 5.11 Å². The molecule has 0 aromatic heterocycles. The van der Waals surface area contributed by atoms with Crippen molar-refractivity contribution in [2.45, 2.75) is 83.8 Å². The van der Waals surface area contributed by atoms with Gasteiger partial charge in [0.2, 0.25) is 0 Å². The molecule has 0 bridgehead atoms. The molecule has 0 aromatic rings. The van der Waals surface area contributed by atoms with Gasteiger partial charge in [-0.2, -0.15) is 5.26 Å². The average molecular weight is 410 g/mol. The van der Waals surface area contributed by atoms with Crippen LogP contribution in [0.4, 0.5) is 0 Å². The van der Waals surface area contributed by atoms with Crippen LogP contribution in [-0.2, 0) is 4.79 Å². The van der Waals surface area contributed by atoms with Gasteiger partial charge in [0.15, 0.2) is 0 Å². The molecule has 0 aromatic carbocycles. The lowest BCUT2D eigenvalue weighted by molar-refractivity contribution is -0.137. The van der Waals surface area contributed by atoms with Crippen LogP contribution < -0.4 is 0 Å². The molecule has 1 aliphatic carbocycles. The van der Waals surface area contributed by atoms with Gasteiger partial charge in [-0.25, -0.2) is 0 Å². The van der Waals surface area contributed by atoms with Crippen molar-refractivity contribution in [1.82, 2.24) is 0 Å². The van der Waals surface area contributed by atoms with Gasteiger partial charge in [0.05, 0.1) is 18.3 Å². The molecule has 6 heteroatoms. The first-order valence-corrected chi connectivity index (χ1v) is 11.4. The molecule has 0 aliphatic heterocycles. The van der Waals surface area contributed by atoms with Crippen LogP contribution in [0.25, 0.3) is 0 Å². The Kier molecular flexibility index (Phi) is 12.2. The second-order valence-electron chi connectivity index (χ2n) is 7.74. The summed E-state index contributed by atoms with van der Waals surface area (Å²) in [7, 11) is 0. The number of aliphatic carboxylic acids is 1. The second-order valence-corrected chi connectivity index (χ2v) is 8.88. The van der Waals surface area contributed by atoms with Gasteiger partial charge in [0.25, 0.3) is 0 Å². The van der Waals surface area contributed by atoms with E-state index in [2.05, 4.69) is 19.9 Å². The molecule has 0 fully saturated rings. The van der Waals surface area contributed by atoms with Crippen LogP contribution in [0, 0.1) is 23.2 Å². The highest BCUT2D eigenvalue weighted by Crippen LogP contribution is 2.40. The van der Waals surface area contributed by atoms with E-state index in [-0.39, 0.29) is 12.3 Å². The van der Waals surface area contributed by atoms with Gasteiger partial charge < -0.3 is 15.3 Å². The fourth-order valence-corrected chi connectivity index (χ4v) is 4.76. The van der Waals surface area contributed by atoms with Crippen LogP contribution in [0.2, 0.25) is 0 Å². The fourth-order valence-electron chi connectivity index (χ4n) is 3.46. The zero-order valence-corrected chi connectivity index (χ0v) is 18.0. The maximum atomic E-state index is 10.5. The van der Waals surface area contributed by atoms with Gasteiger partial charge >= 0.3 is 5.97 Å². The Balaban J connectivity index is 2.56. The van der Waals surface area contributed by atoms with E-state index < -0.39 is 18.2 Å². The molecule has 0 heterocycles. The number of nitrogens with zero attached hydrogens (tertiary/aromatic N) is 1. The lowest BCUT2D eigenvalue weighted by atomic mass is 9.96. The van der Waals surface area contributed by atoms with E-state index in [1.165, 1.54) is 6.42 Å². The standard InChI is InChI=1S/C22H35NO4S/c1-3-4-8-16(2)13-18(24)10-11-19-20(25)14-17(15-23)22(19)28-12-7-5-6-9-21(26)27/h10-11,16,18-20,24-25H,3-9,12-14H2,1-2H3,(H,26,27)/b11-10+/t16-,18-,19+,20-/m1/s1. The molecule has 3 N–H and O–H groups in total. The summed E-state index contributed by atoms with van der Waals surface area (Å²) >= 11 is 1.58. The van der Waals surface area contributed by atoms with Gasteiger partial charge in [-0.3, -0.25) is 4.79 Å². The smallest absolute Gasteiger partial charge is 0.303 e. The number of hydrogen-bond acceptors (Lipinski definition) is 5. The highest BCUT2D eigenvalue weighted by atomic mass is 32.2. The SMILES string of the molecule is CCCC[C@@H](C)C[C@H](O)/C=C/[C@@H]1C(SCCCCCC(=O)O)=C(C#N)C[C@H]1O. The molecule has 0 saturated heterocycles. The molecular formula is C22H35NO4S. The van der Waals surface area contributed by atoms with E-state index in [9.17, 15) is 20.3 Å². The third-order valence-electron chi connectivity index (χ3n) is 5.09. The summed E-state index contributed by atoms with van der Waals surface area (Å²) in [4.78, 5) is 11.4. The van der Waals surface area contributed by atoms with E-state index in [0.717, 1.165) is 36.3 Å². The topological polar surface area (TPSA) is 102 Å². The highest BCUT2D eigenvalue weighted by molar-refractivity contribution is 8.03. The summed E-state index contributed by atoms with van der Waals surface area (Å²) in [6, 6.07) is 2.21. The quantitative estimate of drug-likeness (QED) is 0.285. The summed E-state index contributed by atoms with van der Waals surface area (Å²) < 4.78 is 0. The van der Waals surface area contributed by atoms with E-state index in [1.54, 1.807) is 17.8 Å². The van der Waals surface area contributed by atoms with Crippen LogP contribution in [0.1, 0.15) is 71.6 Å². The first-order valence-electron chi connectivity index (χ1n) is 10.4. The molecule has 0 spiro atoms. The van der Waals surface area contributed by atoms with Crippen molar-refractivity contribution in [2.75, 3.05) is 5.75 Å². The number of thioether (sulfide) groups is 1. The van der Waals surface area contributed by atoms with Crippen molar-refractivity contribution in [3.63, 3.8) is 0 Å². The van der Waals surface area contributed by atoms with Gasteiger partial charge in [-0.05, 0) is 30.9 Å². The van der Waals surface area contributed by atoms with Crippen LogP contribution >= 0.6 is 11.8 Å². The summed E-state index contributed by atoms with van der Waals surface area (Å²) in [5, 5.41) is 38.7. The summed E-state index contributed by atoms with van der Waals surface area (Å²) in [5.41, 5.74) is 0.628. The molecule has 5 nitrogen and oxygen atoms in total. The molecule has 0 unspecified atom stereocenters. The molecular weight excluding hydrogens is 374 g/mol. The van der Waals surface area contributed by atoms with Crippen molar-refractivity contribution in [1.29, 1.82) is 5.26 Å². The summed E-state index contributed by atoms with van der Waals surface area (Å²) in [5.74, 6) is 0.249. The van der Waals surface area contributed by atoms with Gasteiger partial charge in [0, 0.05) is 29.2 Å². The maximum absolute atomic E-state index is 10.5. The predicted molar refractivity (Wildman–Crippen MR) is 114 cm³/mol. The number of unbranched alkanes of at least 4 members (excludes halogenated alkanes) is 3. The van der Waals surface area contributed by atoms with Crippen LogP contribution in [-0.4, -0.2) is 39.2 Å². The molecule has 1 rings (SSSR count). The van der Waals surface area contributed by atoms with Crippen molar-refractivity contribution < 1.29 is 20.1 Å². The van der Waals surface area contributed by atoms with Crippen molar-refractivity contribution in [3.05, 3.63) is 22.6 Å². The average Bonchev–Trinajstić information content (AvgIpc) is 2.95. The number of aliphatic hydroxyl groups is 2. The number of aliphatic hydroxyl groups excluding tert-OH is 2. The van der Waals surface area contributed by atoms with Gasteiger partial charge in [0.1, 0.15) is 0 Å². The minimum Gasteiger partial charge on any atom is -0.481 e. The number of carbonyl (C=O) groups is 1. The Morgan fingerprint density at radius 2 is 2.11 bits per heavy atom. The molecule has 0 saturated carbocycles. The predicted octanol–water partition coefficient (Wildman–Crippen LogP) is 4.66. The van der Waals surface area contributed by atoms with Crippen molar-refractivity contribution in [3.8, 4) is 6.07 Å². The molecule has 1 aliphatic rings. The number of rotatable bonds is 14. The molecule has 0 amide bonds. The minimum atomic E-state index is -0.770. The van der Waals surface area contributed by atoms with E-state index in [1.807, 2.05) is 6.08 Å². The first kappa shape index (κ1) is 24.7. The molecule has 0 radical (unpaired) electrons. The third-order valence-corrected chi connectivity index (χ3v) is 6.41. The van der Waals surface area contributed by atoms with Crippen LogP contribution in [0.15, 0.2) is 22.6 Å². The normalized spacial score (nSPS) is 21.8. The number of carboxylic acids is 1. The monoisotopic (exact) mass is 409 g/mol. The third kappa shape index (κ3) is 9.27. The van der Waals surface area contributed by atoms with Gasteiger partial charge in [-0.1, -0.05) is 51.7 Å². The Labute approximate surface area is 173 Å². The number of hydrogen-bond donors (Lipinski definition) is 3. The van der Waals surface area contributed by atoms with E-state index in [0.29, 0.717) is 30.8 Å². The Morgan fingerprint density at radius 3 is 2.75 bits per heavy atom.